The Hall–Kier alpha value is -2.16. The first-order valence-corrected chi connectivity index (χ1v) is 10.2. The Labute approximate surface area is 165 Å². The van der Waals surface area contributed by atoms with Crippen molar-refractivity contribution in [3.8, 4) is 0 Å². The average molecular weight is 391 g/mol. The molecule has 4 rings (SSSR count). The van der Waals surface area contributed by atoms with Gasteiger partial charge in [-0.1, -0.05) is 0 Å². The highest BCUT2D eigenvalue weighted by molar-refractivity contribution is 6.04. The van der Waals surface area contributed by atoms with Crippen molar-refractivity contribution in [2.45, 2.75) is 37.6 Å². The monoisotopic (exact) mass is 391 g/mol. The van der Waals surface area contributed by atoms with Crippen LogP contribution in [0, 0.1) is 5.92 Å². The predicted octanol–water partition coefficient (Wildman–Crippen LogP) is -0.526. The normalized spacial score (nSPS) is 29.5. The Kier molecular flexibility index (Phi) is 5.03. The van der Waals surface area contributed by atoms with E-state index in [1.54, 1.807) is 4.90 Å². The highest BCUT2D eigenvalue weighted by atomic mass is 16.2. The zero-order valence-electron chi connectivity index (χ0n) is 16.5. The van der Waals surface area contributed by atoms with Crippen LogP contribution in [-0.2, 0) is 14.4 Å². The van der Waals surface area contributed by atoms with Crippen molar-refractivity contribution in [2.75, 3.05) is 52.9 Å². The van der Waals surface area contributed by atoms with Crippen LogP contribution < -0.4 is 5.32 Å². The number of imide groups is 1. The van der Waals surface area contributed by atoms with Crippen LogP contribution in [0.1, 0.15) is 32.1 Å². The number of urea groups is 1. The van der Waals surface area contributed by atoms with Gasteiger partial charge in [0.25, 0.3) is 5.91 Å². The van der Waals surface area contributed by atoms with E-state index in [9.17, 15) is 19.2 Å². The molecule has 1 unspecified atom stereocenters. The molecule has 3 saturated heterocycles. The van der Waals surface area contributed by atoms with Crippen LogP contribution >= 0.6 is 0 Å². The molecule has 1 saturated carbocycles. The Balaban J connectivity index is 1.42. The van der Waals surface area contributed by atoms with Gasteiger partial charge in [0, 0.05) is 44.7 Å². The van der Waals surface area contributed by atoms with Crippen molar-refractivity contribution in [1.29, 1.82) is 0 Å². The van der Waals surface area contributed by atoms with Crippen LogP contribution in [0.2, 0.25) is 0 Å². The van der Waals surface area contributed by atoms with Gasteiger partial charge in [-0.05, 0) is 38.6 Å². The SMILES string of the molecule is CN1CCN(C(=O)CN2C(=O)CNC2=O)CC12CCC(=O)N(CC1CC1)CC2. The highest BCUT2D eigenvalue weighted by Crippen LogP contribution is 2.35. The summed E-state index contributed by atoms with van der Waals surface area (Å²) in [7, 11) is 2.07. The number of amides is 5. The van der Waals surface area contributed by atoms with Crippen molar-refractivity contribution in [3.63, 3.8) is 0 Å². The van der Waals surface area contributed by atoms with Crippen LogP contribution in [-0.4, -0.2) is 102 Å². The van der Waals surface area contributed by atoms with Crippen molar-refractivity contribution in [1.82, 2.24) is 24.9 Å². The largest absolute Gasteiger partial charge is 0.342 e. The molecular weight excluding hydrogens is 362 g/mol. The zero-order valence-corrected chi connectivity index (χ0v) is 16.5. The fourth-order valence-electron chi connectivity index (χ4n) is 4.56. The number of nitrogens with one attached hydrogen (secondary N) is 1. The number of nitrogens with zero attached hydrogens (tertiary/aromatic N) is 4. The first-order valence-electron chi connectivity index (χ1n) is 10.2. The molecule has 0 aromatic carbocycles. The topological polar surface area (TPSA) is 93.3 Å². The van der Waals surface area contributed by atoms with Crippen LogP contribution in [0.3, 0.4) is 0 Å². The molecule has 5 amide bonds. The second kappa shape index (κ2) is 7.35. The average Bonchev–Trinajstić information content (AvgIpc) is 3.46. The van der Waals surface area contributed by atoms with Crippen molar-refractivity contribution in [3.05, 3.63) is 0 Å². The fraction of sp³-hybridized carbons (Fsp3) is 0.789. The fourth-order valence-corrected chi connectivity index (χ4v) is 4.56. The smallest absolute Gasteiger partial charge is 0.325 e. The molecule has 28 heavy (non-hydrogen) atoms. The molecule has 1 atom stereocenters. The maximum atomic E-state index is 12.8. The van der Waals surface area contributed by atoms with Crippen LogP contribution in [0.4, 0.5) is 4.79 Å². The number of piperazine rings is 1. The maximum absolute atomic E-state index is 12.8. The number of likely N-dealkylation sites (N-methyl/N-ethyl adjacent to an activating group) is 1. The Bertz CT molecular complexity index is 678. The van der Waals surface area contributed by atoms with Crippen molar-refractivity contribution >= 4 is 23.8 Å². The molecule has 3 aliphatic heterocycles. The van der Waals surface area contributed by atoms with E-state index in [1.807, 2.05) is 4.90 Å². The standard InChI is InChI=1S/C19H29N5O4/c1-21-8-9-23(17(27)12-24-16(26)10-20-18(24)28)13-19(21)5-4-15(25)22(7-6-19)11-14-2-3-14/h14H,2-13H2,1H3,(H,20,28). The molecule has 0 radical (unpaired) electrons. The molecule has 0 bridgehead atoms. The molecule has 9 heteroatoms. The molecule has 1 N–H and O–H groups in total. The summed E-state index contributed by atoms with van der Waals surface area (Å²) in [5.41, 5.74) is -0.223. The van der Waals surface area contributed by atoms with Gasteiger partial charge >= 0.3 is 6.03 Å². The highest BCUT2D eigenvalue weighted by Gasteiger charge is 2.44. The molecule has 4 aliphatic rings. The number of hydrogen-bond acceptors (Lipinski definition) is 5. The molecule has 0 aromatic rings. The first kappa shape index (κ1) is 19.2. The third-order valence-corrected chi connectivity index (χ3v) is 6.76. The lowest BCUT2D eigenvalue weighted by molar-refractivity contribution is -0.140. The quantitative estimate of drug-likeness (QED) is 0.651. The minimum atomic E-state index is -0.502. The Morgan fingerprint density at radius 2 is 1.89 bits per heavy atom. The van der Waals surface area contributed by atoms with Crippen LogP contribution in [0.15, 0.2) is 0 Å². The number of likely N-dealkylation sites (tertiary alicyclic amines) is 1. The third-order valence-electron chi connectivity index (χ3n) is 6.76. The van der Waals surface area contributed by atoms with Gasteiger partial charge in [0.1, 0.15) is 6.54 Å². The maximum Gasteiger partial charge on any atom is 0.325 e. The summed E-state index contributed by atoms with van der Waals surface area (Å²) >= 11 is 0. The summed E-state index contributed by atoms with van der Waals surface area (Å²) < 4.78 is 0. The van der Waals surface area contributed by atoms with E-state index in [4.69, 9.17) is 0 Å². The summed E-state index contributed by atoms with van der Waals surface area (Å²) in [6.45, 7) is 3.18. The zero-order chi connectivity index (χ0) is 19.9. The van der Waals surface area contributed by atoms with Gasteiger partial charge in [-0.15, -0.1) is 0 Å². The molecule has 4 fully saturated rings. The molecule has 1 aliphatic carbocycles. The van der Waals surface area contributed by atoms with Gasteiger partial charge in [-0.3, -0.25) is 24.2 Å². The minimum Gasteiger partial charge on any atom is -0.342 e. The van der Waals surface area contributed by atoms with Crippen molar-refractivity contribution < 1.29 is 19.2 Å². The van der Waals surface area contributed by atoms with Gasteiger partial charge < -0.3 is 15.1 Å². The lowest BCUT2D eigenvalue weighted by atomic mass is 9.86. The summed E-state index contributed by atoms with van der Waals surface area (Å²) in [5, 5.41) is 2.45. The number of rotatable bonds is 4. The van der Waals surface area contributed by atoms with Crippen LogP contribution in [0.5, 0.6) is 0 Å². The lowest BCUT2D eigenvalue weighted by Crippen LogP contribution is -2.63. The first-order chi connectivity index (χ1) is 13.4. The lowest BCUT2D eigenvalue weighted by Gasteiger charge is -2.49. The molecule has 9 nitrogen and oxygen atoms in total. The van der Waals surface area contributed by atoms with E-state index in [2.05, 4.69) is 17.3 Å². The summed E-state index contributed by atoms with van der Waals surface area (Å²) in [6, 6.07) is -0.502. The summed E-state index contributed by atoms with van der Waals surface area (Å²) in [5.74, 6) is 0.325. The third kappa shape index (κ3) is 3.72. The number of carbonyl (C=O) groups excluding carboxylic acids is 4. The summed E-state index contributed by atoms with van der Waals surface area (Å²) in [4.78, 5) is 55.9. The molecule has 1 spiro atoms. The van der Waals surface area contributed by atoms with E-state index in [0.29, 0.717) is 25.4 Å². The van der Waals surface area contributed by atoms with Crippen molar-refractivity contribution in [2.24, 2.45) is 5.92 Å². The van der Waals surface area contributed by atoms with Crippen LogP contribution in [0.25, 0.3) is 0 Å². The Morgan fingerprint density at radius 3 is 2.57 bits per heavy atom. The van der Waals surface area contributed by atoms with Gasteiger partial charge in [-0.25, -0.2) is 4.79 Å². The Morgan fingerprint density at radius 1 is 1.11 bits per heavy atom. The predicted molar refractivity (Wildman–Crippen MR) is 100 cm³/mol. The molecule has 3 heterocycles. The van der Waals surface area contributed by atoms with Gasteiger partial charge in [-0.2, -0.15) is 0 Å². The van der Waals surface area contributed by atoms with Gasteiger partial charge in [0.05, 0.1) is 6.54 Å². The molecule has 154 valence electrons. The van der Waals surface area contributed by atoms with E-state index < -0.39 is 6.03 Å². The molecule has 0 aromatic heterocycles. The summed E-state index contributed by atoms with van der Waals surface area (Å²) in [6.07, 6.45) is 4.52. The van der Waals surface area contributed by atoms with Gasteiger partial charge in [0.2, 0.25) is 11.8 Å². The van der Waals surface area contributed by atoms with Gasteiger partial charge in [0.15, 0.2) is 0 Å². The molecular formula is C19H29N5O4. The van der Waals surface area contributed by atoms with E-state index in [-0.39, 0.29) is 36.3 Å². The minimum absolute atomic E-state index is 0.0439. The van der Waals surface area contributed by atoms with E-state index in [0.717, 1.165) is 37.4 Å². The second-order valence-corrected chi connectivity index (χ2v) is 8.63. The second-order valence-electron chi connectivity index (χ2n) is 8.63. The van der Waals surface area contributed by atoms with E-state index in [1.165, 1.54) is 12.8 Å². The number of hydrogen-bond donors (Lipinski definition) is 1. The number of carbonyl (C=O) groups is 4. The van der Waals surface area contributed by atoms with E-state index >= 15 is 0 Å².